The SMILES string of the molecule is CC(=O)OC[C@H]1O[C@@H](Oc2ccccc2OS(=O)(=O)n2ccnc2)[C@H](OC(C)=O)[C@@H](OC(C)=O)[C@H]1OC(C)=O. The zero-order valence-corrected chi connectivity index (χ0v) is 22.1. The van der Waals surface area contributed by atoms with E-state index in [9.17, 15) is 27.6 Å². The van der Waals surface area contributed by atoms with Crippen molar-refractivity contribution in [1.82, 2.24) is 8.96 Å². The average Bonchev–Trinajstić information content (AvgIpc) is 3.38. The van der Waals surface area contributed by atoms with Crippen molar-refractivity contribution < 1.29 is 60.2 Å². The van der Waals surface area contributed by atoms with E-state index >= 15 is 0 Å². The fraction of sp³-hybridized carbons (Fsp3) is 0.435. The Bertz CT molecular complexity index is 1290. The lowest BCUT2D eigenvalue weighted by molar-refractivity contribution is -0.288. The zero-order chi connectivity index (χ0) is 28.7. The molecule has 3 rings (SSSR count). The Kier molecular flexibility index (Phi) is 9.47. The fourth-order valence-electron chi connectivity index (χ4n) is 3.56. The largest absolute Gasteiger partial charge is 0.463 e. The highest BCUT2D eigenvalue weighted by Gasteiger charge is 2.53. The maximum atomic E-state index is 12.6. The summed E-state index contributed by atoms with van der Waals surface area (Å²) in [6.07, 6.45) is -3.84. The molecule has 1 aromatic carbocycles. The topological polar surface area (TPSA) is 185 Å². The van der Waals surface area contributed by atoms with Crippen LogP contribution in [0.3, 0.4) is 0 Å². The van der Waals surface area contributed by atoms with Gasteiger partial charge in [-0.15, -0.1) is 0 Å². The summed E-state index contributed by atoms with van der Waals surface area (Å²) in [7, 11) is -4.38. The van der Waals surface area contributed by atoms with E-state index in [4.69, 9.17) is 32.6 Å². The van der Waals surface area contributed by atoms with Crippen molar-refractivity contribution in [3.63, 3.8) is 0 Å². The number of hydrogen-bond acceptors (Lipinski definition) is 14. The molecule has 0 spiro atoms. The molecule has 16 heteroatoms. The minimum Gasteiger partial charge on any atom is -0.463 e. The molecule has 212 valence electrons. The second-order valence-electron chi connectivity index (χ2n) is 8.07. The first-order valence-electron chi connectivity index (χ1n) is 11.4. The van der Waals surface area contributed by atoms with E-state index in [1.165, 1.54) is 30.5 Å². The Morgan fingerprint density at radius 3 is 2.03 bits per heavy atom. The van der Waals surface area contributed by atoms with E-state index in [2.05, 4.69) is 4.98 Å². The monoisotopic (exact) mass is 570 g/mol. The van der Waals surface area contributed by atoms with Crippen molar-refractivity contribution >= 4 is 34.2 Å². The van der Waals surface area contributed by atoms with Crippen LogP contribution < -0.4 is 8.92 Å². The molecule has 1 aliphatic heterocycles. The molecular weight excluding hydrogens is 544 g/mol. The van der Waals surface area contributed by atoms with E-state index in [-0.39, 0.29) is 11.5 Å². The average molecular weight is 571 g/mol. The van der Waals surface area contributed by atoms with E-state index in [0.717, 1.165) is 44.2 Å². The van der Waals surface area contributed by atoms with Gasteiger partial charge in [0.2, 0.25) is 12.4 Å². The summed E-state index contributed by atoms with van der Waals surface area (Å²) in [6, 6.07) is 5.60. The van der Waals surface area contributed by atoms with Crippen LogP contribution >= 0.6 is 0 Å². The van der Waals surface area contributed by atoms with Crippen LogP contribution in [-0.2, 0) is 53.2 Å². The molecule has 0 bridgehead atoms. The van der Waals surface area contributed by atoms with Crippen molar-refractivity contribution in [1.29, 1.82) is 0 Å². The van der Waals surface area contributed by atoms with Gasteiger partial charge in [-0.2, -0.15) is 8.42 Å². The van der Waals surface area contributed by atoms with Gasteiger partial charge in [-0.3, -0.25) is 19.2 Å². The zero-order valence-electron chi connectivity index (χ0n) is 21.2. The quantitative estimate of drug-likeness (QED) is 0.284. The van der Waals surface area contributed by atoms with Gasteiger partial charge in [-0.05, 0) is 12.1 Å². The Balaban J connectivity index is 2.01. The normalized spacial score (nSPS) is 22.7. The number of aromatic nitrogens is 2. The van der Waals surface area contributed by atoms with Gasteiger partial charge in [0, 0.05) is 40.1 Å². The van der Waals surface area contributed by atoms with Crippen LogP contribution in [0, 0.1) is 0 Å². The molecule has 15 nitrogen and oxygen atoms in total. The predicted octanol–water partition coefficient (Wildman–Crippen LogP) is 0.517. The van der Waals surface area contributed by atoms with E-state index in [1.807, 2.05) is 0 Å². The third-order valence-corrected chi connectivity index (χ3v) is 6.10. The number of benzene rings is 1. The third kappa shape index (κ3) is 7.90. The molecule has 0 amide bonds. The van der Waals surface area contributed by atoms with Gasteiger partial charge in [0.25, 0.3) is 0 Å². The van der Waals surface area contributed by atoms with Gasteiger partial charge in [0.15, 0.2) is 23.7 Å². The van der Waals surface area contributed by atoms with Crippen LogP contribution in [0.25, 0.3) is 0 Å². The molecule has 0 aliphatic carbocycles. The Hall–Kier alpha value is -4.18. The highest BCUT2D eigenvalue weighted by molar-refractivity contribution is 7.85. The number of para-hydroxylation sites is 2. The molecular formula is C23H26N2O13S. The van der Waals surface area contributed by atoms with Crippen LogP contribution in [0.2, 0.25) is 0 Å². The summed E-state index contributed by atoms with van der Waals surface area (Å²) >= 11 is 0. The summed E-state index contributed by atoms with van der Waals surface area (Å²) in [5.41, 5.74) is 0. The first-order valence-corrected chi connectivity index (χ1v) is 12.7. The van der Waals surface area contributed by atoms with Crippen molar-refractivity contribution in [3.8, 4) is 11.5 Å². The van der Waals surface area contributed by atoms with Gasteiger partial charge in [-0.1, -0.05) is 12.1 Å². The maximum absolute atomic E-state index is 12.6. The number of nitrogens with zero attached hydrogens (tertiary/aromatic N) is 2. The number of carbonyl (C=O) groups excluding carboxylic acids is 4. The first-order chi connectivity index (χ1) is 18.4. The van der Waals surface area contributed by atoms with Gasteiger partial charge in [-0.25, -0.2) is 8.96 Å². The van der Waals surface area contributed by atoms with Gasteiger partial charge in [0.1, 0.15) is 19.0 Å². The summed E-state index contributed by atoms with van der Waals surface area (Å²) in [4.78, 5) is 51.0. The summed E-state index contributed by atoms with van der Waals surface area (Å²) in [5.74, 6) is -3.59. The molecule has 0 N–H and O–H groups in total. The maximum Gasteiger partial charge on any atom is 0.414 e. The molecule has 1 aliphatic rings. The molecule has 2 heterocycles. The van der Waals surface area contributed by atoms with Crippen molar-refractivity contribution in [2.24, 2.45) is 0 Å². The smallest absolute Gasteiger partial charge is 0.414 e. The molecule has 0 saturated carbocycles. The number of esters is 4. The molecule has 1 aromatic heterocycles. The van der Waals surface area contributed by atoms with E-state index in [0.29, 0.717) is 0 Å². The third-order valence-electron chi connectivity index (χ3n) is 4.97. The summed E-state index contributed by atoms with van der Waals surface area (Å²) in [5, 5.41) is 0. The minimum atomic E-state index is -4.38. The molecule has 0 radical (unpaired) electrons. The number of hydrogen-bond donors (Lipinski definition) is 0. The Labute approximate surface area is 223 Å². The lowest BCUT2D eigenvalue weighted by Gasteiger charge is -2.43. The molecule has 1 saturated heterocycles. The standard InChI is InChI=1S/C23H26N2O13S/c1-13(26)32-11-19-20(33-14(2)27)21(34-15(3)28)22(35-16(4)29)23(37-19)36-17-7-5-6-8-18(17)38-39(30,31)25-10-9-24-12-25/h5-10,12,19-23H,11H2,1-4H3/t19-,20+,21+,22-,23-/m1/s1. The van der Waals surface area contributed by atoms with Gasteiger partial charge in [0.05, 0.1) is 0 Å². The van der Waals surface area contributed by atoms with Gasteiger partial charge < -0.3 is 32.6 Å². The number of imidazole rings is 1. The van der Waals surface area contributed by atoms with Crippen LogP contribution in [0.15, 0.2) is 43.0 Å². The summed E-state index contributed by atoms with van der Waals surface area (Å²) < 4.78 is 63.9. The molecule has 5 atom stereocenters. The lowest BCUT2D eigenvalue weighted by Crippen LogP contribution is -2.63. The highest BCUT2D eigenvalue weighted by atomic mass is 32.2. The molecule has 1 fully saturated rings. The van der Waals surface area contributed by atoms with Crippen LogP contribution in [-0.4, -0.2) is 78.6 Å². The van der Waals surface area contributed by atoms with E-state index < -0.39 is 71.5 Å². The van der Waals surface area contributed by atoms with Crippen molar-refractivity contribution in [3.05, 3.63) is 43.0 Å². The summed E-state index contributed by atoms with van der Waals surface area (Å²) in [6.45, 7) is 3.90. The van der Waals surface area contributed by atoms with Gasteiger partial charge >= 0.3 is 34.2 Å². The second kappa shape index (κ2) is 12.6. The Morgan fingerprint density at radius 1 is 0.872 bits per heavy atom. The second-order valence-corrected chi connectivity index (χ2v) is 9.51. The van der Waals surface area contributed by atoms with E-state index in [1.54, 1.807) is 0 Å². The van der Waals surface area contributed by atoms with Crippen LogP contribution in [0.5, 0.6) is 11.5 Å². The highest BCUT2D eigenvalue weighted by Crippen LogP contribution is 2.35. The van der Waals surface area contributed by atoms with Crippen molar-refractivity contribution in [2.75, 3.05) is 6.61 Å². The Morgan fingerprint density at radius 2 is 1.46 bits per heavy atom. The predicted molar refractivity (Wildman–Crippen MR) is 126 cm³/mol. The van der Waals surface area contributed by atoms with Crippen LogP contribution in [0.4, 0.5) is 0 Å². The number of ether oxygens (including phenoxy) is 6. The van der Waals surface area contributed by atoms with Crippen LogP contribution in [0.1, 0.15) is 27.7 Å². The molecule has 0 unspecified atom stereocenters. The van der Waals surface area contributed by atoms with Crippen molar-refractivity contribution in [2.45, 2.75) is 58.4 Å². The number of rotatable bonds is 10. The molecule has 2 aromatic rings. The minimum absolute atomic E-state index is 0.179. The molecule has 39 heavy (non-hydrogen) atoms. The first kappa shape index (κ1) is 29.4. The lowest BCUT2D eigenvalue weighted by atomic mass is 9.98. The number of carbonyl (C=O) groups is 4. The fourth-order valence-corrected chi connectivity index (χ4v) is 4.38.